The summed E-state index contributed by atoms with van der Waals surface area (Å²) in [5, 5.41) is 14.6. The highest BCUT2D eigenvalue weighted by atomic mass is 31.2. The average molecular weight is 304 g/mol. The number of ether oxygens (including phenoxy) is 1. The standard InChI is InChI=1S/C12H21N2O5P/c1-9-6-10(8-15)12(11(7-9)18-3)19-20(16,17)14-5-4-13-2/h6-7,13,15H,4-5,8H2,1-3H3,(H2,14,16,17). The first-order chi connectivity index (χ1) is 9.43. The molecule has 1 unspecified atom stereocenters. The van der Waals surface area contributed by atoms with Crippen LogP contribution in [0.25, 0.3) is 0 Å². The summed E-state index contributed by atoms with van der Waals surface area (Å²) in [6.07, 6.45) is 0. The summed E-state index contributed by atoms with van der Waals surface area (Å²) in [7, 11) is -0.857. The number of benzene rings is 1. The molecule has 1 aromatic rings. The Balaban J connectivity index is 2.98. The van der Waals surface area contributed by atoms with Gasteiger partial charge in [-0.25, -0.2) is 9.65 Å². The predicted molar refractivity (Wildman–Crippen MR) is 76.0 cm³/mol. The molecule has 8 heteroatoms. The average Bonchev–Trinajstić information content (AvgIpc) is 2.40. The fourth-order valence-corrected chi connectivity index (χ4v) is 2.58. The van der Waals surface area contributed by atoms with Crippen molar-refractivity contribution in [1.82, 2.24) is 10.4 Å². The van der Waals surface area contributed by atoms with Crippen LogP contribution in [-0.2, 0) is 11.2 Å². The summed E-state index contributed by atoms with van der Waals surface area (Å²) in [5.41, 5.74) is 1.25. The zero-order valence-electron chi connectivity index (χ0n) is 11.8. The molecule has 0 aliphatic carbocycles. The first kappa shape index (κ1) is 16.9. The van der Waals surface area contributed by atoms with Crippen molar-refractivity contribution in [2.45, 2.75) is 13.5 Å². The van der Waals surface area contributed by atoms with Gasteiger partial charge in [-0.3, -0.25) is 0 Å². The molecule has 0 bridgehead atoms. The minimum Gasteiger partial charge on any atom is -0.493 e. The van der Waals surface area contributed by atoms with Crippen molar-refractivity contribution in [3.05, 3.63) is 23.3 Å². The lowest BCUT2D eigenvalue weighted by atomic mass is 10.1. The maximum absolute atomic E-state index is 11.9. The number of methoxy groups -OCH3 is 1. The molecule has 20 heavy (non-hydrogen) atoms. The third-order valence-electron chi connectivity index (χ3n) is 2.57. The molecule has 4 N–H and O–H groups in total. The first-order valence-corrected chi connectivity index (χ1v) is 7.71. The Kier molecular flexibility index (Phi) is 6.45. The Morgan fingerprint density at radius 3 is 2.60 bits per heavy atom. The predicted octanol–water partition coefficient (Wildman–Crippen LogP) is 0.784. The van der Waals surface area contributed by atoms with Gasteiger partial charge in [0, 0.05) is 18.7 Å². The number of aliphatic hydroxyl groups excluding tert-OH is 1. The van der Waals surface area contributed by atoms with E-state index in [-0.39, 0.29) is 18.9 Å². The van der Waals surface area contributed by atoms with Gasteiger partial charge in [0.15, 0.2) is 11.5 Å². The van der Waals surface area contributed by atoms with E-state index in [0.717, 1.165) is 5.56 Å². The molecule has 0 aromatic heterocycles. The second-order valence-corrected chi connectivity index (χ2v) is 5.78. The highest BCUT2D eigenvalue weighted by Crippen LogP contribution is 2.44. The van der Waals surface area contributed by atoms with Crippen LogP contribution in [0, 0.1) is 6.92 Å². The van der Waals surface area contributed by atoms with Crippen molar-refractivity contribution < 1.29 is 23.8 Å². The molecule has 0 saturated heterocycles. The number of hydrogen-bond acceptors (Lipinski definition) is 5. The lowest BCUT2D eigenvalue weighted by Gasteiger charge is -2.19. The molecule has 0 aliphatic heterocycles. The minimum atomic E-state index is -4.02. The van der Waals surface area contributed by atoms with Crippen LogP contribution in [0.1, 0.15) is 11.1 Å². The molecule has 0 fully saturated rings. The summed E-state index contributed by atoms with van der Waals surface area (Å²) in [5.74, 6) is 0.377. The van der Waals surface area contributed by atoms with Gasteiger partial charge in [0.25, 0.3) is 0 Å². The monoisotopic (exact) mass is 304 g/mol. The maximum atomic E-state index is 11.9. The van der Waals surface area contributed by atoms with E-state index in [0.29, 0.717) is 17.9 Å². The van der Waals surface area contributed by atoms with E-state index in [4.69, 9.17) is 9.26 Å². The van der Waals surface area contributed by atoms with Crippen LogP contribution in [0.3, 0.4) is 0 Å². The topological polar surface area (TPSA) is 100 Å². The number of aliphatic hydroxyl groups is 1. The van der Waals surface area contributed by atoms with Gasteiger partial charge >= 0.3 is 7.75 Å². The maximum Gasteiger partial charge on any atom is 0.456 e. The second-order valence-electron chi connectivity index (χ2n) is 4.24. The van der Waals surface area contributed by atoms with Gasteiger partial charge in [0.2, 0.25) is 0 Å². The zero-order chi connectivity index (χ0) is 15.2. The van der Waals surface area contributed by atoms with Gasteiger partial charge in [0.05, 0.1) is 13.7 Å². The Hall–Kier alpha value is -1.11. The third kappa shape index (κ3) is 4.77. The van der Waals surface area contributed by atoms with Crippen LogP contribution in [0.15, 0.2) is 12.1 Å². The molecule has 0 heterocycles. The van der Waals surface area contributed by atoms with E-state index in [1.165, 1.54) is 7.11 Å². The fourth-order valence-electron chi connectivity index (χ4n) is 1.66. The van der Waals surface area contributed by atoms with Crippen LogP contribution in [-0.4, -0.2) is 37.2 Å². The number of nitrogens with one attached hydrogen (secondary N) is 2. The molecule has 1 rings (SSSR count). The van der Waals surface area contributed by atoms with Crippen molar-refractivity contribution in [2.24, 2.45) is 0 Å². The van der Waals surface area contributed by atoms with Gasteiger partial charge in [-0.2, -0.15) is 0 Å². The molecular formula is C12H21N2O5P. The van der Waals surface area contributed by atoms with E-state index < -0.39 is 7.75 Å². The summed E-state index contributed by atoms with van der Waals surface area (Å²) >= 11 is 0. The van der Waals surface area contributed by atoms with Crippen molar-refractivity contribution in [3.63, 3.8) is 0 Å². The van der Waals surface area contributed by atoms with Gasteiger partial charge < -0.3 is 24.6 Å². The summed E-state index contributed by atoms with van der Waals surface area (Å²) in [6, 6.07) is 3.34. The smallest absolute Gasteiger partial charge is 0.456 e. The van der Waals surface area contributed by atoms with Gasteiger partial charge in [-0.05, 0) is 31.7 Å². The third-order valence-corrected chi connectivity index (χ3v) is 3.62. The Morgan fingerprint density at radius 2 is 2.05 bits per heavy atom. The molecule has 1 atom stereocenters. The van der Waals surface area contributed by atoms with E-state index in [1.807, 2.05) is 6.92 Å². The molecule has 0 radical (unpaired) electrons. The quantitative estimate of drug-likeness (QED) is 0.416. The SMILES string of the molecule is CNCCNP(=O)(O)Oc1c(CO)cc(C)cc1OC. The van der Waals surface area contributed by atoms with Crippen LogP contribution < -0.4 is 19.7 Å². The Bertz CT molecular complexity index is 470. The molecule has 114 valence electrons. The van der Waals surface area contributed by atoms with Crippen molar-refractivity contribution >= 4 is 7.75 Å². The highest BCUT2D eigenvalue weighted by Gasteiger charge is 2.24. The van der Waals surface area contributed by atoms with Gasteiger partial charge in [0.1, 0.15) is 0 Å². The molecule has 1 aromatic carbocycles. The number of likely N-dealkylation sites (N-methyl/N-ethyl adjacent to an activating group) is 1. The van der Waals surface area contributed by atoms with Crippen molar-refractivity contribution in [2.75, 3.05) is 27.2 Å². The molecule has 0 amide bonds. The number of hydrogen-bond donors (Lipinski definition) is 4. The number of aryl methyl sites for hydroxylation is 1. The first-order valence-electron chi connectivity index (χ1n) is 6.14. The lowest BCUT2D eigenvalue weighted by molar-refractivity contribution is 0.273. The molecule has 7 nitrogen and oxygen atoms in total. The molecule has 0 spiro atoms. The van der Waals surface area contributed by atoms with E-state index in [1.54, 1.807) is 19.2 Å². The van der Waals surface area contributed by atoms with Crippen LogP contribution in [0.4, 0.5) is 0 Å². The van der Waals surface area contributed by atoms with E-state index in [2.05, 4.69) is 10.4 Å². The Morgan fingerprint density at radius 1 is 1.35 bits per heavy atom. The fraction of sp³-hybridized carbons (Fsp3) is 0.500. The summed E-state index contributed by atoms with van der Waals surface area (Å²) in [6.45, 7) is 2.30. The second kappa shape index (κ2) is 7.61. The van der Waals surface area contributed by atoms with Crippen LogP contribution in [0.2, 0.25) is 0 Å². The largest absolute Gasteiger partial charge is 0.493 e. The van der Waals surface area contributed by atoms with Gasteiger partial charge in [-0.15, -0.1) is 0 Å². The number of rotatable bonds is 8. The van der Waals surface area contributed by atoms with Crippen molar-refractivity contribution in [1.29, 1.82) is 0 Å². The lowest BCUT2D eigenvalue weighted by Crippen LogP contribution is -2.24. The molecule has 0 saturated carbocycles. The zero-order valence-corrected chi connectivity index (χ0v) is 12.7. The van der Waals surface area contributed by atoms with Gasteiger partial charge in [-0.1, -0.05) is 0 Å². The summed E-state index contributed by atoms with van der Waals surface area (Å²) in [4.78, 5) is 9.76. The molecule has 0 aliphatic rings. The van der Waals surface area contributed by atoms with Crippen LogP contribution in [0.5, 0.6) is 11.5 Å². The molecular weight excluding hydrogens is 283 g/mol. The van der Waals surface area contributed by atoms with Crippen molar-refractivity contribution in [3.8, 4) is 11.5 Å². The minimum absolute atomic E-state index is 0.0726. The Labute approximate surface area is 118 Å². The van der Waals surface area contributed by atoms with E-state index in [9.17, 15) is 14.6 Å². The van der Waals surface area contributed by atoms with E-state index >= 15 is 0 Å². The summed E-state index contributed by atoms with van der Waals surface area (Å²) < 4.78 is 22.2. The normalized spacial score (nSPS) is 13.8. The highest BCUT2D eigenvalue weighted by molar-refractivity contribution is 7.51. The van der Waals surface area contributed by atoms with Crippen LogP contribution >= 0.6 is 7.75 Å².